The molecule has 0 bridgehead atoms. The lowest BCUT2D eigenvalue weighted by atomic mass is 10.1. The topological polar surface area (TPSA) is 55.8 Å². The number of carbonyl (C=O) groups excluding carboxylic acids is 2. The van der Waals surface area contributed by atoms with E-state index in [9.17, 15) is 9.59 Å². The Morgan fingerprint density at radius 1 is 1.59 bits per heavy atom. The molecule has 1 unspecified atom stereocenters. The average molecular weight is 241 g/mol. The molecular weight excluding hydrogens is 222 g/mol. The van der Waals surface area contributed by atoms with Crippen molar-refractivity contribution in [3.05, 3.63) is 12.7 Å². The monoisotopic (exact) mass is 241 g/mol. The van der Waals surface area contributed by atoms with Crippen molar-refractivity contribution in [3.8, 4) is 0 Å². The van der Waals surface area contributed by atoms with Crippen LogP contribution in [0.15, 0.2) is 12.7 Å². The molecular formula is C12H19NO4. The first kappa shape index (κ1) is 13.7. The normalized spacial score (nSPS) is 19.8. The van der Waals surface area contributed by atoms with Crippen LogP contribution in [0, 0.1) is 0 Å². The maximum Gasteiger partial charge on any atom is 0.326 e. The van der Waals surface area contributed by atoms with Gasteiger partial charge in [-0.05, 0) is 20.8 Å². The summed E-state index contributed by atoms with van der Waals surface area (Å²) in [6.07, 6.45) is 1.60. The van der Waals surface area contributed by atoms with Gasteiger partial charge in [0.25, 0.3) is 0 Å². The summed E-state index contributed by atoms with van der Waals surface area (Å²) in [5.74, 6) is -0.511. The van der Waals surface area contributed by atoms with Crippen LogP contribution in [0.3, 0.4) is 0 Å². The Balaban J connectivity index is 2.41. The highest BCUT2D eigenvalue weighted by molar-refractivity contribution is 5.87. The van der Waals surface area contributed by atoms with Crippen molar-refractivity contribution >= 4 is 11.9 Å². The third-order valence-corrected chi connectivity index (χ3v) is 2.14. The van der Waals surface area contributed by atoms with E-state index in [0.717, 1.165) is 0 Å². The average Bonchev–Trinajstić information content (AvgIpc) is 2.18. The Morgan fingerprint density at radius 3 is 2.71 bits per heavy atom. The number of carbonyl (C=O) groups is 2. The van der Waals surface area contributed by atoms with Crippen LogP contribution >= 0.6 is 0 Å². The van der Waals surface area contributed by atoms with E-state index in [1.807, 2.05) is 0 Å². The molecule has 5 nitrogen and oxygen atoms in total. The summed E-state index contributed by atoms with van der Waals surface area (Å²) >= 11 is 0. The highest BCUT2D eigenvalue weighted by Crippen LogP contribution is 2.20. The number of amides is 1. The van der Waals surface area contributed by atoms with Crippen molar-refractivity contribution in [2.45, 2.75) is 39.0 Å². The standard InChI is InChI=1S/C12H19NO4/c1-5-6-16-10-7-9(14)13(10)8-11(15)17-12(2,3)4/h5,10H,1,6-8H2,2-4H3. The van der Waals surface area contributed by atoms with Crippen molar-refractivity contribution < 1.29 is 19.1 Å². The lowest BCUT2D eigenvalue weighted by molar-refractivity contribution is -0.182. The molecule has 1 aliphatic rings. The van der Waals surface area contributed by atoms with E-state index in [1.54, 1.807) is 26.8 Å². The van der Waals surface area contributed by atoms with Crippen molar-refractivity contribution in [2.24, 2.45) is 0 Å². The smallest absolute Gasteiger partial charge is 0.326 e. The molecule has 1 amide bonds. The number of hydrogen-bond donors (Lipinski definition) is 0. The van der Waals surface area contributed by atoms with Gasteiger partial charge >= 0.3 is 5.97 Å². The van der Waals surface area contributed by atoms with E-state index < -0.39 is 11.6 Å². The van der Waals surface area contributed by atoms with E-state index in [-0.39, 0.29) is 18.7 Å². The van der Waals surface area contributed by atoms with Crippen molar-refractivity contribution in [3.63, 3.8) is 0 Å². The van der Waals surface area contributed by atoms with Gasteiger partial charge in [-0.3, -0.25) is 9.59 Å². The number of rotatable bonds is 5. The number of nitrogens with zero attached hydrogens (tertiary/aromatic N) is 1. The Hall–Kier alpha value is -1.36. The summed E-state index contributed by atoms with van der Waals surface area (Å²) in [4.78, 5) is 24.2. The van der Waals surface area contributed by atoms with Gasteiger partial charge < -0.3 is 14.4 Å². The van der Waals surface area contributed by atoms with E-state index in [4.69, 9.17) is 9.47 Å². The molecule has 0 aliphatic carbocycles. The van der Waals surface area contributed by atoms with Crippen LogP contribution in [0.25, 0.3) is 0 Å². The highest BCUT2D eigenvalue weighted by Gasteiger charge is 2.38. The first-order valence-electron chi connectivity index (χ1n) is 5.57. The molecule has 1 aliphatic heterocycles. The molecule has 5 heteroatoms. The van der Waals surface area contributed by atoms with Crippen molar-refractivity contribution in [1.82, 2.24) is 4.90 Å². The number of esters is 1. The Morgan fingerprint density at radius 2 is 2.24 bits per heavy atom. The minimum Gasteiger partial charge on any atom is -0.459 e. The highest BCUT2D eigenvalue weighted by atomic mass is 16.6. The second-order valence-corrected chi connectivity index (χ2v) is 4.89. The Kier molecular flexibility index (Phi) is 4.28. The van der Waals surface area contributed by atoms with Crippen LogP contribution in [0.1, 0.15) is 27.2 Å². The van der Waals surface area contributed by atoms with Gasteiger partial charge in [0.05, 0.1) is 13.0 Å². The van der Waals surface area contributed by atoms with Gasteiger partial charge in [-0.2, -0.15) is 0 Å². The van der Waals surface area contributed by atoms with E-state index in [2.05, 4.69) is 6.58 Å². The third-order valence-electron chi connectivity index (χ3n) is 2.14. The predicted molar refractivity (Wildman–Crippen MR) is 62.1 cm³/mol. The zero-order valence-corrected chi connectivity index (χ0v) is 10.6. The second kappa shape index (κ2) is 5.31. The Bertz CT molecular complexity index is 319. The van der Waals surface area contributed by atoms with Crippen LogP contribution in [-0.2, 0) is 19.1 Å². The SMILES string of the molecule is C=CCOC1CC(=O)N1CC(=O)OC(C)(C)C. The first-order chi connectivity index (χ1) is 7.83. The molecule has 0 radical (unpaired) electrons. The van der Waals surface area contributed by atoms with Crippen LogP contribution in [0.2, 0.25) is 0 Å². The number of likely N-dealkylation sites (tertiary alicyclic amines) is 1. The number of hydrogen-bond acceptors (Lipinski definition) is 4. The predicted octanol–water partition coefficient (Wildman–Crippen LogP) is 1.09. The van der Waals surface area contributed by atoms with Crippen molar-refractivity contribution in [2.75, 3.05) is 13.2 Å². The van der Waals surface area contributed by atoms with Gasteiger partial charge in [0.2, 0.25) is 5.91 Å². The fourth-order valence-electron chi connectivity index (χ4n) is 1.46. The van der Waals surface area contributed by atoms with Gasteiger partial charge in [-0.1, -0.05) is 6.08 Å². The summed E-state index contributed by atoms with van der Waals surface area (Å²) in [6, 6.07) is 0. The van der Waals surface area contributed by atoms with Crippen LogP contribution in [0.4, 0.5) is 0 Å². The molecule has 1 heterocycles. The van der Waals surface area contributed by atoms with Gasteiger partial charge in [0.15, 0.2) is 0 Å². The molecule has 1 saturated heterocycles. The fraction of sp³-hybridized carbons (Fsp3) is 0.667. The zero-order valence-electron chi connectivity index (χ0n) is 10.6. The molecule has 0 saturated carbocycles. The Labute approximate surface area is 101 Å². The summed E-state index contributed by atoms with van der Waals surface area (Å²) < 4.78 is 10.5. The van der Waals surface area contributed by atoms with Gasteiger partial charge in [0, 0.05) is 0 Å². The van der Waals surface area contributed by atoms with E-state index in [1.165, 1.54) is 4.90 Å². The molecule has 0 aromatic heterocycles. The molecule has 1 atom stereocenters. The lowest BCUT2D eigenvalue weighted by Crippen LogP contribution is -2.56. The second-order valence-electron chi connectivity index (χ2n) is 4.89. The minimum absolute atomic E-state index is 0.0576. The van der Waals surface area contributed by atoms with Crippen molar-refractivity contribution in [1.29, 1.82) is 0 Å². The molecule has 0 N–H and O–H groups in total. The molecule has 0 spiro atoms. The zero-order chi connectivity index (χ0) is 13.1. The van der Waals surface area contributed by atoms with Crippen LogP contribution in [0.5, 0.6) is 0 Å². The maximum absolute atomic E-state index is 11.5. The van der Waals surface area contributed by atoms with Gasteiger partial charge in [-0.15, -0.1) is 6.58 Å². The molecule has 96 valence electrons. The molecule has 1 fully saturated rings. The molecule has 1 rings (SSSR count). The van der Waals surface area contributed by atoms with Gasteiger partial charge in [0.1, 0.15) is 18.4 Å². The molecule has 0 aromatic rings. The summed E-state index contributed by atoms with van der Waals surface area (Å²) in [6.45, 7) is 9.19. The summed E-state index contributed by atoms with van der Waals surface area (Å²) in [7, 11) is 0. The number of ether oxygens (including phenoxy) is 2. The van der Waals surface area contributed by atoms with E-state index >= 15 is 0 Å². The van der Waals surface area contributed by atoms with Crippen LogP contribution in [-0.4, -0.2) is 41.8 Å². The molecule has 17 heavy (non-hydrogen) atoms. The quantitative estimate of drug-likeness (QED) is 0.411. The minimum atomic E-state index is -0.539. The number of β-lactam (4-membered cyclic amide) rings is 1. The first-order valence-corrected chi connectivity index (χ1v) is 5.57. The third kappa shape index (κ3) is 4.19. The summed E-state index contributed by atoms with van der Waals surface area (Å²) in [5.41, 5.74) is -0.539. The fourth-order valence-corrected chi connectivity index (χ4v) is 1.46. The lowest BCUT2D eigenvalue weighted by Gasteiger charge is -2.39. The van der Waals surface area contributed by atoms with Gasteiger partial charge in [-0.25, -0.2) is 0 Å². The largest absolute Gasteiger partial charge is 0.459 e. The van der Waals surface area contributed by atoms with E-state index in [0.29, 0.717) is 13.0 Å². The molecule has 0 aromatic carbocycles. The van der Waals surface area contributed by atoms with Crippen LogP contribution < -0.4 is 0 Å². The maximum atomic E-state index is 11.5. The summed E-state index contributed by atoms with van der Waals surface area (Å²) in [5, 5.41) is 0.